The second-order valence-electron chi connectivity index (χ2n) is 7.48. The number of rotatable bonds is 5. The van der Waals surface area contributed by atoms with Crippen molar-refractivity contribution in [3.8, 4) is 0 Å². The van der Waals surface area contributed by atoms with Gasteiger partial charge in [0.1, 0.15) is 0 Å². The first-order chi connectivity index (χ1) is 12.1. The lowest BCUT2D eigenvalue weighted by molar-refractivity contribution is 0.104. The summed E-state index contributed by atoms with van der Waals surface area (Å²) in [7, 11) is 0. The van der Waals surface area contributed by atoms with Crippen molar-refractivity contribution in [1.82, 2.24) is 0 Å². The molecule has 0 radical (unpaired) electrons. The Hall–Kier alpha value is -2.15. The Bertz CT molecular complexity index is 714. The minimum absolute atomic E-state index is 0.0723. The molecule has 2 aromatic carbocycles. The molecule has 1 aliphatic rings. The summed E-state index contributed by atoms with van der Waals surface area (Å²) in [6.07, 6.45) is 10.2. The minimum atomic E-state index is 0.0723. The maximum absolute atomic E-state index is 12.4. The van der Waals surface area contributed by atoms with Gasteiger partial charge in [-0.1, -0.05) is 87.7 Å². The summed E-state index contributed by atoms with van der Waals surface area (Å²) in [4.78, 5) is 12.4. The maximum atomic E-state index is 12.4. The number of benzene rings is 2. The number of allylic oxidation sites excluding steroid dienone is 1. The molecular formula is C24H28O. The van der Waals surface area contributed by atoms with Crippen LogP contribution in [0.15, 0.2) is 54.6 Å². The quantitative estimate of drug-likeness (QED) is 0.437. The molecule has 130 valence electrons. The van der Waals surface area contributed by atoms with E-state index < -0.39 is 0 Å². The van der Waals surface area contributed by atoms with Gasteiger partial charge < -0.3 is 0 Å². The molecule has 0 atom stereocenters. The van der Waals surface area contributed by atoms with E-state index in [1.165, 1.54) is 43.2 Å². The second-order valence-corrected chi connectivity index (χ2v) is 7.48. The Morgan fingerprint density at radius 3 is 2.16 bits per heavy atom. The van der Waals surface area contributed by atoms with Gasteiger partial charge in [-0.3, -0.25) is 4.79 Å². The molecule has 0 bridgehead atoms. The van der Waals surface area contributed by atoms with Crippen LogP contribution in [0.1, 0.15) is 84.8 Å². The molecule has 0 saturated heterocycles. The van der Waals surface area contributed by atoms with Crippen LogP contribution in [0.25, 0.3) is 6.08 Å². The van der Waals surface area contributed by atoms with Crippen LogP contribution < -0.4 is 0 Å². The number of carbonyl (C=O) groups is 1. The van der Waals surface area contributed by atoms with Gasteiger partial charge in [0.2, 0.25) is 0 Å². The molecule has 2 aromatic rings. The van der Waals surface area contributed by atoms with E-state index in [0.29, 0.717) is 11.8 Å². The lowest BCUT2D eigenvalue weighted by Gasteiger charge is -2.21. The highest BCUT2D eigenvalue weighted by molar-refractivity contribution is 6.06. The highest BCUT2D eigenvalue weighted by Crippen LogP contribution is 2.32. The van der Waals surface area contributed by atoms with Gasteiger partial charge in [-0.05, 0) is 47.4 Å². The zero-order valence-electron chi connectivity index (χ0n) is 15.4. The van der Waals surface area contributed by atoms with Crippen molar-refractivity contribution >= 4 is 11.9 Å². The molecule has 1 saturated carbocycles. The summed E-state index contributed by atoms with van der Waals surface area (Å²) < 4.78 is 0. The van der Waals surface area contributed by atoms with E-state index in [0.717, 1.165) is 11.1 Å². The van der Waals surface area contributed by atoms with E-state index in [-0.39, 0.29) is 5.78 Å². The van der Waals surface area contributed by atoms with Gasteiger partial charge in [0.05, 0.1) is 0 Å². The van der Waals surface area contributed by atoms with Crippen LogP contribution in [0, 0.1) is 0 Å². The van der Waals surface area contributed by atoms with Crippen molar-refractivity contribution in [2.45, 2.75) is 57.8 Å². The lowest BCUT2D eigenvalue weighted by Crippen LogP contribution is -2.05. The van der Waals surface area contributed by atoms with Crippen LogP contribution in [0.3, 0.4) is 0 Å². The van der Waals surface area contributed by atoms with Gasteiger partial charge in [0, 0.05) is 5.56 Å². The fourth-order valence-corrected chi connectivity index (χ4v) is 3.62. The van der Waals surface area contributed by atoms with Crippen molar-refractivity contribution in [2.24, 2.45) is 0 Å². The Morgan fingerprint density at radius 2 is 1.56 bits per heavy atom. The largest absolute Gasteiger partial charge is 0.289 e. The third-order valence-corrected chi connectivity index (χ3v) is 5.30. The van der Waals surface area contributed by atoms with Crippen LogP contribution >= 0.6 is 0 Å². The van der Waals surface area contributed by atoms with Gasteiger partial charge in [-0.2, -0.15) is 0 Å². The Balaban J connectivity index is 1.64. The van der Waals surface area contributed by atoms with Gasteiger partial charge in [-0.15, -0.1) is 0 Å². The number of ketones is 1. The molecule has 0 heterocycles. The molecular weight excluding hydrogens is 304 g/mol. The van der Waals surface area contributed by atoms with E-state index in [4.69, 9.17) is 0 Å². The third kappa shape index (κ3) is 4.69. The van der Waals surface area contributed by atoms with Crippen molar-refractivity contribution in [2.75, 3.05) is 0 Å². The fraction of sp³-hybridized carbons (Fsp3) is 0.375. The van der Waals surface area contributed by atoms with Crippen LogP contribution in [0.4, 0.5) is 0 Å². The molecule has 0 amide bonds. The van der Waals surface area contributed by atoms with Gasteiger partial charge >= 0.3 is 0 Å². The zero-order chi connectivity index (χ0) is 17.6. The third-order valence-electron chi connectivity index (χ3n) is 5.30. The van der Waals surface area contributed by atoms with E-state index in [1.807, 2.05) is 18.2 Å². The van der Waals surface area contributed by atoms with Crippen LogP contribution in [-0.2, 0) is 0 Å². The standard InChI is InChI=1S/C24H28O/c1-18(2)20-11-8-19(9-12-20)10-17-24(25)23-15-13-22(14-16-23)21-6-4-3-5-7-21/h8-18,21H,3-7H2,1-2H3. The first-order valence-corrected chi connectivity index (χ1v) is 9.56. The number of hydrogen-bond acceptors (Lipinski definition) is 1. The molecule has 0 aliphatic heterocycles. The first-order valence-electron chi connectivity index (χ1n) is 9.56. The average Bonchev–Trinajstić information content (AvgIpc) is 2.67. The minimum Gasteiger partial charge on any atom is -0.289 e. The molecule has 0 aromatic heterocycles. The maximum Gasteiger partial charge on any atom is 0.185 e. The van der Waals surface area contributed by atoms with E-state index in [1.54, 1.807) is 6.08 Å². The van der Waals surface area contributed by atoms with E-state index in [2.05, 4.69) is 50.2 Å². The summed E-state index contributed by atoms with van der Waals surface area (Å²) in [6.45, 7) is 4.37. The summed E-state index contributed by atoms with van der Waals surface area (Å²) in [5.74, 6) is 1.29. The normalized spacial score (nSPS) is 15.8. The lowest BCUT2D eigenvalue weighted by atomic mass is 9.84. The van der Waals surface area contributed by atoms with Gasteiger partial charge in [-0.25, -0.2) is 0 Å². The van der Waals surface area contributed by atoms with Gasteiger partial charge in [0.25, 0.3) is 0 Å². The van der Waals surface area contributed by atoms with Crippen LogP contribution in [-0.4, -0.2) is 5.78 Å². The predicted octanol–water partition coefficient (Wildman–Crippen LogP) is 6.75. The molecule has 0 unspecified atom stereocenters. The molecule has 1 nitrogen and oxygen atoms in total. The summed E-state index contributed by atoms with van der Waals surface area (Å²) >= 11 is 0. The molecule has 1 heteroatoms. The first kappa shape index (κ1) is 17.7. The fourth-order valence-electron chi connectivity index (χ4n) is 3.62. The Morgan fingerprint density at radius 1 is 0.920 bits per heavy atom. The summed E-state index contributed by atoms with van der Waals surface area (Å²) in [5.41, 5.74) is 4.55. The number of carbonyl (C=O) groups excluding carboxylic acids is 1. The summed E-state index contributed by atoms with van der Waals surface area (Å²) in [5, 5.41) is 0. The Kier molecular flexibility index (Phi) is 5.86. The van der Waals surface area contributed by atoms with E-state index in [9.17, 15) is 4.79 Å². The van der Waals surface area contributed by atoms with Crippen molar-refractivity contribution in [3.05, 3.63) is 76.9 Å². The smallest absolute Gasteiger partial charge is 0.185 e. The molecule has 0 spiro atoms. The molecule has 1 fully saturated rings. The molecule has 25 heavy (non-hydrogen) atoms. The predicted molar refractivity (Wildman–Crippen MR) is 106 cm³/mol. The topological polar surface area (TPSA) is 17.1 Å². The highest BCUT2D eigenvalue weighted by Gasteiger charge is 2.15. The van der Waals surface area contributed by atoms with Crippen molar-refractivity contribution in [3.63, 3.8) is 0 Å². The molecule has 3 rings (SSSR count). The van der Waals surface area contributed by atoms with Crippen molar-refractivity contribution in [1.29, 1.82) is 0 Å². The van der Waals surface area contributed by atoms with Crippen LogP contribution in [0.5, 0.6) is 0 Å². The average molecular weight is 332 g/mol. The molecule has 0 N–H and O–H groups in total. The number of hydrogen-bond donors (Lipinski definition) is 0. The Labute approximate surface area is 151 Å². The molecule has 1 aliphatic carbocycles. The SMILES string of the molecule is CC(C)c1ccc(C=CC(=O)c2ccc(C3CCCCC3)cc2)cc1. The highest BCUT2D eigenvalue weighted by atomic mass is 16.1. The van der Waals surface area contributed by atoms with E-state index >= 15 is 0 Å². The zero-order valence-corrected chi connectivity index (χ0v) is 15.4. The summed E-state index contributed by atoms with van der Waals surface area (Å²) in [6, 6.07) is 16.7. The van der Waals surface area contributed by atoms with Crippen molar-refractivity contribution < 1.29 is 4.79 Å². The van der Waals surface area contributed by atoms with Crippen LogP contribution in [0.2, 0.25) is 0 Å². The second kappa shape index (κ2) is 8.29. The monoisotopic (exact) mass is 332 g/mol. The van der Waals surface area contributed by atoms with Gasteiger partial charge in [0.15, 0.2) is 5.78 Å².